The Balaban J connectivity index is 1.91. The van der Waals surface area contributed by atoms with Gasteiger partial charge in [0.25, 0.3) is 5.91 Å². The number of likely N-dealkylation sites (tertiary alicyclic amines) is 1. The van der Waals surface area contributed by atoms with Crippen LogP contribution in [0.5, 0.6) is 11.5 Å². The van der Waals surface area contributed by atoms with E-state index in [2.05, 4.69) is 0 Å². The molecular weight excluding hydrogens is 320 g/mol. The van der Waals surface area contributed by atoms with Gasteiger partial charge in [0.15, 0.2) is 11.5 Å². The van der Waals surface area contributed by atoms with Gasteiger partial charge in [-0.2, -0.15) is 0 Å². The summed E-state index contributed by atoms with van der Waals surface area (Å²) in [5.41, 5.74) is 1.41. The lowest BCUT2D eigenvalue weighted by atomic mass is 10.0. The van der Waals surface area contributed by atoms with Gasteiger partial charge in [-0.3, -0.25) is 9.59 Å². The van der Waals surface area contributed by atoms with Crippen LogP contribution in [0.2, 0.25) is 0 Å². The largest absolute Gasteiger partial charge is 0.493 e. The van der Waals surface area contributed by atoms with E-state index >= 15 is 0 Å². The number of benzene rings is 1. The van der Waals surface area contributed by atoms with Gasteiger partial charge >= 0.3 is 0 Å². The third-order valence-corrected chi connectivity index (χ3v) is 4.64. The molecule has 1 aromatic heterocycles. The van der Waals surface area contributed by atoms with Crippen molar-refractivity contribution in [1.82, 2.24) is 9.47 Å². The third kappa shape index (κ3) is 3.24. The van der Waals surface area contributed by atoms with E-state index in [4.69, 9.17) is 9.47 Å². The van der Waals surface area contributed by atoms with E-state index < -0.39 is 0 Å². The Kier molecular flexibility index (Phi) is 4.79. The minimum Gasteiger partial charge on any atom is -0.493 e. The Bertz CT molecular complexity index is 844. The zero-order valence-electron chi connectivity index (χ0n) is 14.7. The van der Waals surface area contributed by atoms with Crippen LogP contribution < -0.4 is 15.0 Å². The van der Waals surface area contributed by atoms with Crippen molar-refractivity contribution in [3.05, 3.63) is 58.0 Å². The van der Waals surface area contributed by atoms with Gasteiger partial charge in [-0.1, -0.05) is 6.07 Å². The number of aryl methyl sites for hydroxylation is 1. The molecule has 6 heteroatoms. The molecule has 1 aromatic carbocycles. The van der Waals surface area contributed by atoms with Gasteiger partial charge in [-0.25, -0.2) is 0 Å². The van der Waals surface area contributed by atoms with Crippen molar-refractivity contribution in [1.29, 1.82) is 0 Å². The topological polar surface area (TPSA) is 60.8 Å². The van der Waals surface area contributed by atoms with Gasteiger partial charge in [-0.15, -0.1) is 0 Å². The molecule has 132 valence electrons. The molecular formula is C19H22N2O4. The predicted octanol–water partition coefficient (Wildman–Crippen LogP) is 2.38. The molecule has 0 N–H and O–H groups in total. The Hall–Kier alpha value is -2.76. The quantitative estimate of drug-likeness (QED) is 0.856. The van der Waals surface area contributed by atoms with E-state index in [1.807, 2.05) is 23.1 Å². The highest BCUT2D eigenvalue weighted by molar-refractivity contribution is 5.94. The molecule has 1 aliphatic heterocycles. The minimum atomic E-state index is -0.130. The number of nitrogens with zero attached hydrogens (tertiary/aromatic N) is 2. The van der Waals surface area contributed by atoms with Gasteiger partial charge in [0.05, 0.1) is 25.8 Å². The van der Waals surface area contributed by atoms with E-state index in [9.17, 15) is 9.59 Å². The fourth-order valence-electron chi connectivity index (χ4n) is 3.30. The lowest BCUT2D eigenvalue weighted by Gasteiger charge is -2.26. The van der Waals surface area contributed by atoms with Crippen molar-refractivity contribution in [3.63, 3.8) is 0 Å². The van der Waals surface area contributed by atoms with Crippen LogP contribution in [0.1, 0.15) is 34.8 Å². The van der Waals surface area contributed by atoms with Gasteiger partial charge in [0.2, 0.25) is 5.56 Å². The van der Waals surface area contributed by atoms with Gasteiger partial charge in [0, 0.05) is 25.9 Å². The molecule has 0 aliphatic carbocycles. The molecule has 0 spiro atoms. The summed E-state index contributed by atoms with van der Waals surface area (Å²) in [7, 11) is 4.85. The fraction of sp³-hybridized carbons (Fsp3) is 0.368. The maximum Gasteiger partial charge on any atom is 0.255 e. The van der Waals surface area contributed by atoms with Gasteiger partial charge < -0.3 is 18.9 Å². The predicted molar refractivity (Wildman–Crippen MR) is 94.2 cm³/mol. The van der Waals surface area contributed by atoms with Crippen LogP contribution in [0.25, 0.3) is 0 Å². The molecule has 0 saturated carbocycles. The van der Waals surface area contributed by atoms with Crippen LogP contribution in [-0.4, -0.2) is 36.1 Å². The second-order valence-electron chi connectivity index (χ2n) is 6.14. The van der Waals surface area contributed by atoms with E-state index in [0.29, 0.717) is 23.6 Å². The average molecular weight is 342 g/mol. The number of pyridine rings is 1. The average Bonchev–Trinajstić information content (AvgIpc) is 3.12. The molecule has 2 heterocycles. The molecule has 2 aromatic rings. The number of aromatic nitrogens is 1. The maximum atomic E-state index is 12.9. The van der Waals surface area contributed by atoms with Crippen molar-refractivity contribution in [3.8, 4) is 11.5 Å². The van der Waals surface area contributed by atoms with Crippen molar-refractivity contribution in [2.45, 2.75) is 18.9 Å². The summed E-state index contributed by atoms with van der Waals surface area (Å²) in [5, 5.41) is 0. The first-order valence-electron chi connectivity index (χ1n) is 8.24. The minimum absolute atomic E-state index is 0.00968. The zero-order chi connectivity index (χ0) is 18.0. The lowest BCUT2D eigenvalue weighted by molar-refractivity contribution is 0.0734. The molecule has 3 rings (SSSR count). The molecule has 25 heavy (non-hydrogen) atoms. The number of ether oxygens (including phenoxy) is 2. The van der Waals surface area contributed by atoms with Crippen molar-refractivity contribution in [2.75, 3.05) is 20.8 Å². The zero-order valence-corrected chi connectivity index (χ0v) is 14.7. The number of carbonyl (C=O) groups excluding carboxylic acids is 1. The summed E-state index contributed by atoms with van der Waals surface area (Å²) in [5.74, 6) is 1.26. The second-order valence-corrected chi connectivity index (χ2v) is 6.14. The number of amides is 1. The Labute approximate surface area is 146 Å². The summed E-state index contributed by atoms with van der Waals surface area (Å²) in [6.07, 6.45) is 3.43. The highest BCUT2D eigenvalue weighted by Crippen LogP contribution is 2.37. The molecule has 1 atom stereocenters. The summed E-state index contributed by atoms with van der Waals surface area (Å²) in [4.78, 5) is 26.3. The van der Waals surface area contributed by atoms with Crippen LogP contribution in [0.15, 0.2) is 41.3 Å². The Morgan fingerprint density at radius 1 is 1.12 bits per heavy atom. The fourth-order valence-corrected chi connectivity index (χ4v) is 3.30. The molecule has 1 saturated heterocycles. The van der Waals surface area contributed by atoms with E-state index in [0.717, 1.165) is 18.4 Å². The van der Waals surface area contributed by atoms with Crippen LogP contribution in [0.3, 0.4) is 0 Å². The standard InChI is InChI=1S/C19H22N2O4/c1-20-12-14(7-9-18(20)22)19(23)21-10-4-5-15(21)13-6-8-16(24-2)17(11-13)25-3/h6-9,11-12,15H,4-5,10H2,1-3H3/t15-/m0/s1. The summed E-state index contributed by atoms with van der Waals surface area (Å²) < 4.78 is 12.1. The summed E-state index contributed by atoms with van der Waals surface area (Å²) in [6, 6.07) is 8.77. The highest BCUT2D eigenvalue weighted by Gasteiger charge is 2.31. The molecule has 1 amide bonds. The van der Waals surface area contributed by atoms with Crippen molar-refractivity contribution >= 4 is 5.91 Å². The van der Waals surface area contributed by atoms with Gasteiger partial charge in [0.1, 0.15) is 0 Å². The van der Waals surface area contributed by atoms with E-state index in [-0.39, 0.29) is 17.5 Å². The summed E-state index contributed by atoms with van der Waals surface area (Å²) in [6.45, 7) is 0.695. The molecule has 0 unspecified atom stereocenters. The number of hydrogen-bond donors (Lipinski definition) is 0. The van der Waals surface area contributed by atoms with Crippen LogP contribution >= 0.6 is 0 Å². The second kappa shape index (κ2) is 7.01. The van der Waals surface area contributed by atoms with E-state index in [1.54, 1.807) is 33.5 Å². The Morgan fingerprint density at radius 3 is 2.56 bits per heavy atom. The molecule has 0 bridgehead atoms. The van der Waals surface area contributed by atoms with Crippen molar-refractivity contribution < 1.29 is 14.3 Å². The first kappa shape index (κ1) is 17.1. The molecule has 0 radical (unpaired) electrons. The number of rotatable bonds is 4. The lowest BCUT2D eigenvalue weighted by Crippen LogP contribution is -2.31. The smallest absolute Gasteiger partial charge is 0.255 e. The molecule has 6 nitrogen and oxygen atoms in total. The van der Waals surface area contributed by atoms with Crippen LogP contribution in [0.4, 0.5) is 0 Å². The monoisotopic (exact) mass is 342 g/mol. The Morgan fingerprint density at radius 2 is 1.88 bits per heavy atom. The summed E-state index contributed by atoms with van der Waals surface area (Å²) >= 11 is 0. The third-order valence-electron chi connectivity index (χ3n) is 4.64. The van der Waals surface area contributed by atoms with Crippen LogP contribution in [0, 0.1) is 0 Å². The van der Waals surface area contributed by atoms with Crippen molar-refractivity contribution in [2.24, 2.45) is 7.05 Å². The van der Waals surface area contributed by atoms with Gasteiger partial charge in [-0.05, 0) is 36.6 Å². The number of methoxy groups -OCH3 is 2. The first-order valence-corrected chi connectivity index (χ1v) is 8.24. The maximum absolute atomic E-state index is 12.9. The van der Waals surface area contributed by atoms with Crippen LogP contribution in [-0.2, 0) is 7.05 Å². The van der Waals surface area contributed by atoms with E-state index in [1.165, 1.54) is 10.6 Å². The molecule has 1 fully saturated rings. The molecule has 1 aliphatic rings. The highest BCUT2D eigenvalue weighted by atomic mass is 16.5. The normalized spacial score (nSPS) is 16.8. The number of hydrogen-bond acceptors (Lipinski definition) is 4. The number of carbonyl (C=O) groups is 1. The first-order chi connectivity index (χ1) is 12.0. The SMILES string of the molecule is COc1ccc([C@@H]2CCCN2C(=O)c2ccc(=O)n(C)c2)cc1OC.